The molecule has 5 N–H and O–H groups in total. The molecule has 38 heavy (non-hydrogen) atoms. The van der Waals surface area contributed by atoms with Gasteiger partial charge in [-0.3, -0.25) is 5.01 Å². The van der Waals surface area contributed by atoms with E-state index in [2.05, 4.69) is 99.0 Å². The van der Waals surface area contributed by atoms with Crippen molar-refractivity contribution in [1.82, 2.24) is 15.2 Å². The fourth-order valence-electron chi connectivity index (χ4n) is 4.58. The Kier molecular flexibility index (Phi) is 12.8. The molecule has 6 nitrogen and oxygen atoms in total. The summed E-state index contributed by atoms with van der Waals surface area (Å²) in [6.45, 7) is 37.2. The van der Waals surface area contributed by atoms with Gasteiger partial charge in [-0.15, -0.1) is 13.2 Å². The van der Waals surface area contributed by atoms with E-state index in [1.807, 2.05) is 13.8 Å². The number of nitrogens with two attached hydrogens (primary N) is 2. The van der Waals surface area contributed by atoms with Crippen molar-refractivity contribution in [3.05, 3.63) is 121 Å². The van der Waals surface area contributed by atoms with Crippen molar-refractivity contribution in [2.75, 3.05) is 13.6 Å². The Morgan fingerprint density at radius 3 is 2.34 bits per heavy atom. The van der Waals surface area contributed by atoms with Gasteiger partial charge in [0.2, 0.25) is 0 Å². The van der Waals surface area contributed by atoms with Crippen LogP contribution in [0.4, 0.5) is 0 Å². The standard InChI is InChI=1S/C29H39N5.C2H4.CH5N/c1-10-28(32-24(9)34(30)23(8)18(2)3)22(7)31-16-25-11-12-26-13-14-33(17-27(26)15-25)29-20(5)19(4)21(29)6;2*1-2/h11-12,15,20,31H,2,4,7-10,13-14,16-17,30H2,1,3,5-6H3;1-2H2;2H2,1H3/b32-28+;;. The summed E-state index contributed by atoms with van der Waals surface area (Å²) in [6.07, 6.45) is 1.78. The SMILES string of the molecule is C=C.C=C(C)C(=C)N(N)C(=C)/N=C(\CC)C(=C)NCc1ccc2c(c1)CN(C1=C(C)C(=C)C1C)CC2.CN. The van der Waals surface area contributed by atoms with Crippen molar-refractivity contribution in [2.45, 2.75) is 53.6 Å². The fraction of sp³-hybridized carbons (Fsp3) is 0.344. The Labute approximate surface area is 231 Å². The van der Waals surface area contributed by atoms with Crippen molar-refractivity contribution < 1.29 is 0 Å². The third-order valence-electron chi connectivity index (χ3n) is 6.94. The molecule has 1 heterocycles. The van der Waals surface area contributed by atoms with Crippen LogP contribution in [0.1, 0.15) is 50.8 Å². The Balaban J connectivity index is 0.00000172. The Bertz CT molecular complexity index is 1140. The van der Waals surface area contributed by atoms with E-state index in [0.717, 1.165) is 36.5 Å². The van der Waals surface area contributed by atoms with E-state index in [1.54, 1.807) is 0 Å². The average Bonchev–Trinajstić information content (AvgIpc) is 2.95. The number of hydrogen-bond donors (Lipinski definition) is 3. The van der Waals surface area contributed by atoms with Gasteiger partial charge in [-0.1, -0.05) is 64.9 Å². The van der Waals surface area contributed by atoms with Crippen molar-refractivity contribution in [3.8, 4) is 0 Å². The Morgan fingerprint density at radius 2 is 1.79 bits per heavy atom. The van der Waals surface area contributed by atoms with Gasteiger partial charge in [-0.05, 0) is 67.1 Å². The lowest BCUT2D eigenvalue weighted by Gasteiger charge is -2.43. The molecule has 3 rings (SSSR count). The van der Waals surface area contributed by atoms with Crippen LogP contribution in [-0.4, -0.2) is 29.2 Å². The molecule has 1 unspecified atom stereocenters. The van der Waals surface area contributed by atoms with Crippen molar-refractivity contribution in [3.63, 3.8) is 0 Å². The van der Waals surface area contributed by atoms with E-state index in [4.69, 9.17) is 5.84 Å². The van der Waals surface area contributed by atoms with Crippen LogP contribution >= 0.6 is 0 Å². The molecule has 1 aromatic carbocycles. The summed E-state index contributed by atoms with van der Waals surface area (Å²) in [5.74, 6) is 6.94. The number of fused-ring (bicyclic) bond motifs is 1. The molecule has 1 aliphatic carbocycles. The summed E-state index contributed by atoms with van der Waals surface area (Å²) in [7, 11) is 1.50. The molecule has 6 heteroatoms. The second-order valence-electron chi connectivity index (χ2n) is 9.29. The first kappa shape index (κ1) is 32.4. The molecule has 0 bridgehead atoms. The lowest BCUT2D eigenvalue weighted by Crippen LogP contribution is -2.37. The highest BCUT2D eigenvalue weighted by Gasteiger charge is 2.32. The minimum absolute atomic E-state index is 0.402. The lowest BCUT2D eigenvalue weighted by molar-refractivity contribution is 0.280. The zero-order chi connectivity index (χ0) is 29.2. The second-order valence-corrected chi connectivity index (χ2v) is 9.29. The molecule has 0 spiro atoms. The largest absolute Gasteiger partial charge is 0.380 e. The van der Waals surface area contributed by atoms with Gasteiger partial charge >= 0.3 is 0 Å². The highest BCUT2D eigenvalue weighted by molar-refractivity contribution is 5.99. The molecule has 0 saturated carbocycles. The minimum atomic E-state index is 0.402. The first-order chi connectivity index (χ1) is 18.0. The highest BCUT2D eigenvalue weighted by atomic mass is 15.4. The van der Waals surface area contributed by atoms with Gasteiger partial charge in [-0.25, -0.2) is 10.8 Å². The molecular weight excluding hydrogens is 468 g/mol. The van der Waals surface area contributed by atoms with Crippen LogP contribution in [0, 0.1) is 5.92 Å². The van der Waals surface area contributed by atoms with Crippen molar-refractivity contribution >= 4 is 5.71 Å². The van der Waals surface area contributed by atoms with Crippen LogP contribution in [0.5, 0.6) is 0 Å². The summed E-state index contributed by atoms with van der Waals surface area (Å²) in [4.78, 5) is 7.11. The quantitative estimate of drug-likeness (QED) is 0.115. The number of nitrogens with zero attached hydrogens (tertiary/aromatic N) is 3. The van der Waals surface area contributed by atoms with E-state index < -0.39 is 0 Å². The maximum Gasteiger partial charge on any atom is 0.140 e. The number of hydrazine groups is 1. The highest BCUT2D eigenvalue weighted by Crippen LogP contribution is 2.42. The first-order valence-corrected chi connectivity index (χ1v) is 13.0. The second kappa shape index (κ2) is 15.0. The Hall–Kier alpha value is -3.61. The molecule has 2 aliphatic rings. The van der Waals surface area contributed by atoms with E-state index in [0.29, 0.717) is 30.4 Å². The molecule has 0 radical (unpaired) electrons. The van der Waals surface area contributed by atoms with Crippen molar-refractivity contribution in [1.29, 1.82) is 0 Å². The summed E-state index contributed by atoms with van der Waals surface area (Å²) < 4.78 is 0. The number of benzene rings is 1. The van der Waals surface area contributed by atoms with E-state index in [1.165, 1.54) is 45.6 Å². The van der Waals surface area contributed by atoms with Crippen LogP contribution < -0.4 is 16.9 Å². The van der Waals surface area contributed by atoms with Gasteiger partial charge in [0.05, 0.1) is 11.4 Å². The summed E-state index contributed by atoms with van der Waals surface area (Å²) in [6, 6.07) is 6.78. The third kappa shape index (κ3) is 7.46. The molecule has 0 fully saturated rings. The maximum atomic E-state index is 6.07. The number of allylic oxidation sites excluding steroid dienone is 4. The van der Waals surface area contributed by atoms with Gasteiger partial charge in [0.15, 0.2) is 0 Å². The zero-order valence-electron chi connectivity index (χ0n) is 24.3. The average molecular weight is 517 g/mol. The molecular formula is C32H48N6. The number of nitrogens with one attached hydrogen (secondary N) is 1. The molecule has 0 saturated heterocycles. The predicted molar refractivity (Wildman–Crippen MR) is 166 cm³/mol. The minimum Gasteiger partial charge on any atom is -0.380 e. The van der Waals surface area contributed by atoms with Gasteiger partial charge in [0.25, 0.3) is 0 Å². The molecule has 1 aliphatic heterocycles. The predicted octanol–water partition coefficient (Wildman–Crippen LogP) is 6.09. The molecule has 1 atom stereocenters. The smallest absolute Gasteiger partial charge is 0.140 e. The van der Waals surface area contributed by atoms with Crippen LogP contribution in [0.3, 0.4) is 0 Å². The zero-order valence-corrected chi connectivity index (χ0v) is 24.3. The third-order valence-corrected chi connectivity index (χ3v) is 6.94. The van der Waals surface area contributed by atoms with Crippen molar-refractivity contribution in [2.24, 2.45) is 22.5 Å². The van der Waals surface area contributed by atoms with Gasteiger partial charge in [0.1, 0.15) is 5.82 Å². The summed E-state index contributed by atoms with van der Waals surface area (Å²) >= 11 is 0. The molecule has 0 aromatic heterocycles. The monoisotopic (exact) mass is 516 g/mol. The number of hydrogen-bond acceptors (Lipinski definition) is 6. The van der Waals surface area contributed by atoms with Gasteiger partial charge in [-0.2, -0.15) is 0 Å². The van der Waals surface area contributed by atoms with Gasteiger partial charge < -0.3 is 16.0 Å². The Morgan fingerprint density at radius 1 is 1.16 bits per heavy atom. The van der Waals surface area contributed by atoms with E-state index in [9.17, 15) is 0 Å². The van der Waals surface area contributed by atoms with Gasteiger partial charge in [0, 0.05) is 36.9 Å². The van der Waals surface area contributed by atoms with Crippen LogP contribution in [0.2, 0.25) is 0 Å². The summed E-state index contributed by atoms with van der Waals surface area (Å²) in [5.41, 5.74) is 15.6. The number of aliphatic imine (C=N–C) groups is 1. The lowest BCUT2D eigenvalue weighted by atomic mass is 9.78. The van der Waals surface area contributed by atoms with Crippen LogP contribution in [0.25, 0.3) is 0 Å². The normalized spacial score (nSPS) is 16.1. The van der Waals surface area contributed by atoms with E-state index >= 15 is 0 Å². The molecule has 0 amide bonds. The topological polar surface area (TPSA) is 82.9 Å². The van der Waals surface area contributed by atoms with Crippen LogP contribution in [-0.2, 0) is 19.5 Å². The molecule has 1 aromatic rings. The fourth-order valence-corrected chi connectivity index (χ4v) is 4.58. The molecule has 206 valence electrons. The maximum absolute atomic E-state index is 6.07. The first-order valence-electron chi connectivity index (χ1n) is 13.0. The van der Waals surface area contributed by atoms with E-state index in [-0.39, 0.29) is 0 Å². The van der Waals surface area contributed by atoms with Crippen LogP contribution in [0.15, 0.2) is 109 Å². The summed E-state index contributed by atoms with van der Waals surface area (Å²) in [5, 5.41) is 4.79. The number of rotatable bonds is 10.